The second kappa shape index (κ2) is 4.11. The molecule has 3 nitrogen and oxygen atoms in total. The maximum Gasteiger partial charge on any atom is 0.198 e. The first-order valence-electron chi connectivity index (χ1n) is 4.76. The topological polar surface area (TPSA) is 49.8 Å². The van der Waals surface area contributed by atoms with Crippen molar-refractivity contribution in [2.45, 2.75) is 13.8 Å². The SMILES string of the molecule is Cc1ccc(-c2onc(C#N)c2Br)c(C)c1. The van der Waals surface area contributed by atoms with Crippen LogP contribution in [0.25, 0.3) is 11.3 Å². The van der Waals surface area contributed by atoms with Crippen LogP contribution < -0.4 is 0 Å². The third kappa shape index (κ3) is 1.74. The molecule has 1 heterocycles. The fourth-order valence-corrected chi connectivity index (χ4v) is 2.03. The van der Waals surface area contributed by atoms with E-state index < -0.39 is 0 Å². The lowest BCUT2D eigenvalue weighted by Crippen LogP contribution is -1.83. The molecule has 0 fully saturated rings. The van der Waals surface area contributed by atoms with Crippen LogP contribution in [-0.2, 0) is 0 Å². The Hall–Kier alpha value is -1.60. The highest BCUT2D eigenvalue weighted by Crippen LogP contribution is 2.32. The molecule has 0 saturated carbocycles. The summed E-state index contributed by atoms with van der Waals surface area (Å²) in [6, 6.07) is 8.00. The Labute approximate surface area is 102 Å². The summed E-state index contributed by atoms with van der Waals surface area (Å²) in [5, 5.41) is 12.5. The summed E-state index contributed by atoms with van der Waals surface area (Å²) in [7, 11) is 0. The van der Waals surface area contributed by atoms with Crippen molar-refractivity contribution in [2.75, 3.05) is 0 Å². The van der Waals surface area contributed by atoms with Gasteiger partial charge in [-0.05, 0) is 35.3 Å². The lowest BCUT2D eigenvalue weighted by Gasteiger charge is -2.03. The summed E-state index contributed by atoms with van der Waals surface area (Å²) in [5.41, 5.74) is 3.51. The zero-order valence-electron chi connectivity index (χ0n) is 8.91. The predicted octanol–water partition coefficient (Wildman–Crippen LogP) is 3.59. The van der Waals surface area contributed by atoms with E-state index in [1.54, 1.807) is 0 Å². The minimum absolute atomic E-state index is 0.273. The lowest BCUT2D eigenvalue weighted by molar-refractivity contribution is 0.429. The van der Waals surface area contributed by atoms with Crippen LogP contribution in [-0.4, -0.2) is 5.16 Å². The number of hydrogen-bond donors (Lipinski definition) is 0. The second-order valence-corrected chi connectivity index (χ2v) is 4.40. The van der Waals surface area contributed by atoms with E-state index in [0.29, 0.717) is 10.2 Å². The molecule has 0 atom stereocenters. The van der Waals surface area contributed by atoms with Crippen molar-refractivity contribution in [3.8, 4) is 17.4 Å². The molecule has 0 N–H and O–H groups in total. The highest BCUT2D eigenvalue weighted by molar-refractivity contribution is 9.10. The molecule has 0 amide bonds. The normalized spacial score (nSPS) is 10.1. The van der Waals surface area contributed by atoms with E-state index in [0.717, 1.165) is 11.1 Å². The van der Waals surface area contributed by atoms with Crippen molar-refractivity contribution in [1.82, 2.24) is 5.16 Å². The molecule has 80 valence electrons. The number of benzene rings is 1. The van der Waals surface area contributed by atoms with Gasteiger partial charge in [-0.1, -0.05) is 28.9 Å². The molecule has 0 bridgehead atoms. The van der Waals surface area contributed by atoms with Gasteiger partial charge in [0.2, 0.25) is 0 Å². The first-order chi connectivity index (χ1) is 7.63. The molecular weight excluding hydrogens is 268 g/mol. The smallest absolute Gasteiger partial charge is 0.198 e. The Kier molecular flexibility index (Phi) is 2.80. The van der Waals surface area contributed by atoms with Gasteiger partial charge in [0, 0.05) is 5.56 Å². The first-order valence-corrected chi connectivity index (χ1v) is 5.55. The van der Waals surface area contributed by atoms with Crippen LogP contribution in [0.4, 0.5) is 0 Å². The molecule has 0 saturated heterocycles. The minimum Gasteiger partial charge on any atom is -0.354 e. The Bertz CT molecular complexity index is 581. The van der Waals surface area contributed by atoms with Crippen molar-refractivity contribution in [1.29, 1.82) is 5.26 Å². The van der Waals surface area contributed by atoms with Crippen molar-refractivity contribution < 1.29 is 4.52 Å². The third-order valence-corrected chi connectivity index (χ3v) is 3.10. The highest BCUT2D eigenvalue weighted by atomic mass is 79.9. The lowest BCUT2D eigenvalue weighted by atomic mass is 10.0. The number of hydrogen-bond acceptors (Lipinski definition) is 3. The quantitative estimate of drug-likeness (QED) is 0.800. The monoisotopic (exact) mass is 276 g/mol. The fourth-order valence-electron chi connectivity index (χ4n) is 1.58. The van der Waals surface area contributed by atoms with Gasteiger partial charge in [-0.2, -0.15) is 5.26 Å². The molecule has 2 rings (SSSR count). The van der Waals surface area contributed by atoms with E-state index in [9.17, 15) is 0 Å². The summed E-state index contributed by atoms with van der Waals surface area (Å²) >= 11 is 3.32. The Balaban J connectivity index is 2.60. The number of aryl methyl sites for hydroxylation is 2. The molecule has 4 heteroatoms. The molecule has 1 aromatic carbocycles. The van der Waals surface area contributed by atoms with Gasteiger partial charge in [0.15, 0.2) is 11.5 Å². The summed E-state index contributed by atoms with van der Waals surface area (Å²) in [5.74, 6) is 0.606. The molecule has 0 unspecified atom stereocenters. The van der Waals surface area contributed by atoms with Gasteiger partial charge >= 0.3 is 0 Å². The van der Waals surface area contributed by atoms with Crippen LogP contribution in [0.2, 0.25) is 0 Å². The van der Waals surface area contributed by atoms with Crippen molar-refractivity contribution >= 4 is 15.9 Å². The standard InChI is InChI=1S/C12H9BrN2O/c1-7-3-4-9(8(2)5-7)12-11(13)10(6-14)15-16-12/h3-5H,1-2H3. The largest absolute Gasteiger partial charge is 0.354 e. The van der Waals surface area contributed by atoms with Crippen LogP contribution in [0.1, 0.15) is 16.8 Å². The van der Waals surface area contributed by atoms with Crippen molar-refractivity contribution in [3.63, 3.8) is 0 Å². The number of aromatic nitrogens is 1. The molecule has 0 spiro atoms. The average Bonchev–Trinajstić information content (AvgIpc) is 2.60. The van der Waals surface area contributed by atoms with Crippen LogP contribution in [0.3, 0.4) is 0 Å². The van der Waals surface area contributed by atoms with Gasteiger partial charge in [0.25, 0.3) is 0 Å². The molecule has 0 radical (unpaired) electrons. The van der Waals surface area contributed by atoms with Crippen molar-refractivity contribution in [2.24, 2.45) is 0 Å². The van der Waals surface area contributed by atoms with Crippen LogP contribution >= 0.6 is 15.9 Å². The maximum absolute atomic E-state index is 8.79. The number of nitriles is 1. The first kappa shape index (κ1) is 10.9. The van der Waals surface area contributed by atoms with Gasteiger partial charge in [-0.15, -0.1) is 0 Å². The molecule has 1 aromatic heterocycles. The molecule has 0 aliphatic carbocycles. The van der Waals surface area contributed by atoms with E-state index in [4.69, 9.17) is 9.78 Å². The average molecular weight is 277 g/mol. The van der Waals surface area contributed by atoms with Gasteiger partial charge in [-0.3, -0.25) is 0 Å². The molecule has 0 aliphatic rings. The summed E-state index contributed by atoms with van der Waals surface area (Å²) in [4.78, 5) is 0. The van der Waals surface area contributed by atoms with Crippen LogP contribution in [0, 0.1) is 25.2 Å². The van der Waals surface area contributed by atoms with Crippen molar-refractivity contribution in [3.05, 3.63) is 39.5 Å². The Morgan fingerprint density at radius 3 is 2.69 bits per heavy atom. The maximum atomic E-state index is 8.79. The fraction of sp³-hybridized carbons (Fsp3) is 0.167. The molecule has 2 aromatic rings. The van der Waals surface area contributed by atoms with Crippen LogP contribution in [0.15, 0.2) is 27.2 Å². The van der Waals surface area contributed by atoms with Gasteiger partial charge in [0.1, 0.15) is 10.5 Å². The van der Waals surface area contributed by atoms with E-state index >= 15 is 0 Å². The Morgan fingerprint density at radius 1 is 1.38 bits per heavy atom. The summed E-state index contributed by atoms with van der Waals surface area (Å²) < 4.78 is 5.79. The van der Waals surface area contributed by atoms with E-state index in [2.05, 4.69) is 27.2 Å². The Morgan fingerprint density at radius 2 is 2.12 bits per heavy atom. The third-order valence-electron chi connectivity index (χ3n) is 2.37. The number of halogens is 1. The number of rotatable bonds is 1. The van der Waals surface area contributed by atoms with E-state index in [1.807, 2.05) is 32.0 Å². The van der Waals surface area contributed by atoms with Gasteiger partial charge < -0.3 is 4.52 Å². The summed E-state index contributed by atoms with van der Waals surface area (Å²) in [6.45, 7) is 4.04. The van der Waals surface area contributed by atoms with Gasteiger partial charge in [0.05, 0.1) is 0 Å². The van der Waals surface area contributed by atoms with Gasteiger partial charge in [-0.25, -0.2) is 0 Å². The highest BCUT2D eigenvalue weighted by Gasteiger charge is 2.16. The molecule has 0 aliphatic heterocycles. The van der Waals surface area contributed by atoms with E-state index in [-0.39, 0.29) is 5.69 Å². The zero-order chi connectivity index (χ0) is 11.7. The second-order valence-electron chi connectivity index (χ2n) is 3.60. The molecular formula is C12H9BrN2O. The summed E-state index contributed by atoms with van der Waals surface area (Å²) in [6.07, 6.45) is 0. The van der Waals surface area contributed by atoms with Crippen LogP contribution in [0.5, 0.6) is 0 Å². The zero-order valence-corrected chi connectivity index (χ0v) is 10.5. The number of nitrogens with zero attached hydrogens (tertiary/aromatic N) is 2. The predicted molar refractivity (Wildman–Crippen MR) is 63.8 cm³/mol. The minimum atomic E-state index is 0.273. The molecule has 16 heavy (non-hydrogen) atoms. The van der Waals surface area contributed by atoms with E-state index in [1.165, 1.54) is 5.56 Å².